The molecule has 0 aliphatic rings. The van der Waals surface area contributed by atoms with E-state index in [4.69, 9.17) is 0 Å². The van der Waals surface area contributed by atoms with E-state index in [1.807, 2.05) is 13.1 Å². The van der Waals surface area contributed by atoms with E-state index in [1.165, 1.54) is 12.0 Å². The third-order valence-electron chi connectivity index (χ3n) is 3.02. The van der Waals surface area contributed by atoms with E-state index in [0.29, 0.717) is 12.0 Å². The van der Waals surface area contributed by atoms with Crippen molar-refractivity contribution in [1.29, 1.82) is 0 Å². The van der Waals surface area contributed by atoms with Crippen molar-refractivity contribution in [2.24, 2.45) is 5.92 Å². The third kappa shape index (κ3) is 3.70. The SMILES string of the molecule is CCC(C)CC(NC)c1ccc(F)cc1I. The van der Waals surface area contributed by atoms with Gasteiger partial charge in [0.15, 0.2) is 0 Å². The fraction of sp³-hybridized carbons (Fsp3) is 0.538. The molecule has 90 valence electrons. The van der Waals surface area contributed by atoms with Gasteiger partial charge in [-0.2, -0.15) is 0 Å². The van der Waals surface area contributed by atoms with E-state index < -0.39 is 0 Å². The van der Waals surface area contributed by atoms with Crippen molar-refractivity contribution < 1.29 is 4.39 Å². The topological polar surface area (TPSA) is 12.0 Å². The predicted octanol–water partition coefficient (Wildman–Crippen LogP) is 4.13. The van der Waals surface area contributed by atoms with Gasteiger partial charge in [0.05, 0.1) is 0 Å². The van der Waals surface area contributed by atoms with Crippen LogP contribution < -0.4 is 5.32 Å². The molecule has 1 aromatic rings. The first-order valence-corrected chi connectivity index (χ1v) is 6.78. The fourth-order valence-corrected chi connectivity index (χ4v) is 2.61. The second kappa shape index (κ2) is 6.55. The fourth-order valence-electron chi connectivity index (χ4n) is 1.75. The third-order valence-corrected chi connectivity index (χ3v) is 3.96. The zero-order valence-electron chi connectivity index (χ0n) is 10.1. The molecule has 1 rings (SSSR count). The zero-order chi connectivity index (χ0) is 12.1. The van der Waals surface area contributed by atoms with Gasteiger partial charge in [0.1, 0.15) is 5.82 Å². The molecule has 1 N–H and O–H groups in total. The summed E-state index contributed by atoms with van der Waals surface area (Å²) in [6.45, 7) is 4.45. The molecule has 2 unspecified atom stereocenters. The summed E-state index contributed by atoms with van der Waals surface area (Å²) in [6.07, 6.45) is 2.27. The van der Waals surface area contributed by atoms with Gasteiger partial charge in [-0.25, -0.2) is 4.39 Å². The molecule has 3 heteroatoms. The summed E-state index contributed by atoms with van der Waals surface area (Å²) in [5.74, 6) is 0.518. The lowest BCUT2D eigenvalue weighted by Crippen LogP contribution is -2.20. The van der Waals surface area contributed by atoms with Gasteiger partial charge in [0, 0.05) is 9.61 Å². The monoisotopic (exact) mass is 335 g/mol. The van der Waals surface area contributed by atoms with Crippen molar-refractivity contribution in [2.75, 3.05) is 7.05 Å². The second-order valence-electron chi connectivity index (χ2n) is 4.26. The minimum atomic E-state index is -0.161. The summed E-state index contributed by atoms with van der Waals surface area (Å²) < 4.78 is 14.0. The molecule has 0 saturated carbocycles. The predicted molar refractivity (Wildman–Crippen MR) is 75.0 cm³/mol. The largest absolute Gasteiger partial charge is 0.313 e. The minimum Gasteiger partial charge on any atom is -0.313 e. The van der Waals surface area contributed by atoms with Crippen LogP contribution in [0.25, 0.3) is 0 Å². The quantitative estimate of drug-likeness (QED) is 0.798. The average molecular weight is 335 g/mol. The van der Waals surface area contributed by atoms with Gasteiger partial charge >= 0.3 is 0 Å². The summed E-state index contributed by atoms with van der Waals surface area (Å²) in [5.41, 5.74) is 1.20. The Morgan fingerprint density at radius 3 is 2.62 bits per heavy atom. The lowest BCUT2D eigenvalue weighted by atomic mass is 9.94. The van der Waals surface area contributed by atoms with Crippen LogP contribution in [0.1, 0.15) is 38.3 Å². The number of hydrogen-bond acceptors (Lipinski definition) is 1. The Balaban J connectivity index is 2.86. The molecule has 0 fully saturated rings. The van der Waals surface area contributed by atoms with Crippen LogP contribution >= 0.6 is 22.6 Å². The van der Waals surface area contributed by atoms with Gasteiger partial charge < -0.3 is 5.32 Å². The van der Waals surface area contributed by atoms with E-state index in [0.717, 1.165) is 9.99 Å². The average Bonchev–Trinajstić information content (AvgIpc) is 2.26. The summed E-state index contributed by atoms with van der Waals surface area (Å²) in [7, 11) is 1.96. The highest BCUT2D eigenvalue weighted by atomic mass is 127. The standard InChI is InChI=1S/C13H19FIN/c1-4-9(2)7-13(16-3)11-6-5-10(14)8-12(11)15/h5-6,8-9,13,16H,4,7H2,1-3H3. The molecule has 0 amide bonds. The maximum Gasteiger partial charge on any atom is 0.124 e. The number of halogens is 2. The summed E-state index contributed by atoms with van der Waals surface area (Å²) in [6, 6.07) is 5.35. The summed E-state index contributed by atoms with van der Waals surface area (Å²) in [4.78, 5) is 0. The number of hydrogen-bond donors (Lipinski definition) is 1. The highest BCUT2D eigenvalue weighted by Gasteiger charge is 2.15. The molecule has 16 heavy (non-hydrogen) atoms. The Hall–Kier alpha value is -0.160. The smallest absolute Gasteiger partial charge is 0.124 e. The summed E-state index contributed by atoms with van der Waals surface area (Å²) >= 11 is 2.20. The van der Waals surface area contributed by atoms with Crippen LogP contribution in [-0.4, -0.2) is 7.05 Å². The van der Waals surface area contributed by atoms with E-state index in [-0.39, 0.29) is 5.82 Å². The summed E-state index contributed by atoms with van der Waals surface area (Å²) in [5, 5.41) is 3.32. The van der Waals surface area contributed by atoms with Crippen molar-refractivity contribution in [3.8, 4) is 0 Å². The first-order chi connectivity index (χ1) is 7.58. The van der Waals surface area contributed by atoms with Crippen molar-refractivity contribution in [2.45, 2.75) is 32.7 Å². The van der Waals surface area contributed by atoms with Crippen LogP contribution in [0.2, 0.25) is 0 Å². The van der Waals surface area contributed by atoms with Crippen molar-refractivity contribution in [3.05, 3.63) is 33.1 Å². The molecule has 0 aromatic heterocycles. The number of nitrogens with one attached hydrogen (secondary N) is 1. The zero-order valence-corrected chi connectivity index (χ0v) is 12.2. The van der Waals surface area contributed by atoms with Gasteiger partial charge in [0.2, 0.25) is 0 Å². The Labute approximate surface area is 111 Å². The molecular formula is C13H19FIN. The van der Waals surface area contributed by atoms with E-state index in [9.17, 15) is 4.39 Å². The van der Waals surface area contributed by atoms with Gasteiger partial charge in [-0.1, -0.05) is 26.3 Å². The van der Waals surface area contributed by atoms with Crippen LogP contribution in [0.3, 0.4) is 0 Å². The van der Waals surface area contributed by atoms with Gasteiger partial charge in [0.25, 0.3) is 0 Å². The first kappa shape index (κ1) is 13.9. The van der Waals surface area contributed by atoms with Crippen LogP contribution in [0.5, 0.6) is 0 Å². The Bertz CT molecular complexity index is 341. The van der Waals surface area contributed by atoms with Crippen molar-refractivity contribution >= 4 is 22.6 Å². The molecule has 0 aliphatic heterocycles. The molecule has 1 aromatic carbocycles. The van der Waals surface area contributed by atoms with Crippen LogP contribution in [0.4, 0.5) is 4.39 Å². The van der Waals surface area contributed by atoms with E-state index in [1.54, 1.807) is 12.1 Å². The molecule has 0 bridgehead atoms. The van der Waals surface area contributed by atoms with Gasteiger partial charge in [-0.05, 0) is 59.7 Å². The lowest BCUT2D eigenvalue weighted by molar-refractivity contribution is 0.420. The Morgan fingerprint density at radius 2 is 2.12 bits per heavy atom. The number of benzene rings is 1. The minimum absolute atomic E-state index is 0.161. The maximum absolute atomic E-state index is 13.0. The molecule has 0 aliphatic carbocycles. The van der Waals surface area contributed by atoms with Gasteiger partial charge in [-0.3, -0.25) is 0 Å². The van der Waals surface area contributed by atoms with Crippen LogP contribution in [0.15, 0.2) is 18.2 Å². The Morgan fingerprint density at radius 1 is 1.44 bits per heavy atom. The number of rotatable bonds is 5. The van der Waals surface area contributed by atoms with Crippen molar-refractivity contribution in [3.63, 3.8) is 0 Å². The molecule has 0 spiro atoms. The lowest BCUT2D eigenvalue weighted by Gasteiger charge is -2.21. The Kier molecular flexibility index (Phi) is 5.69. The molecule has 0 saturated heterocycles. The van der Waals surface area contributed by atoms with Crippen molar-refractivity contribution in [1.82, 2.24) is 5.32 Å². The van der Waals surface area contributed by atoms with E-state index in [2.05, 4.69) is 41.8 Å². The highest BCUT2D eigenvalue weighted by molar-refractivity contribution is 14.1. The molecule has 0 heterocycles. The normalized spacial score (nSPS) is 14.8. The van der Waals surface area contributed by atoms with Crippen LogP contribution in [0, 0.1) is 15.3 Å². The molecule has 0 radical (unpaired) electrons. The highest BCUT2D eigenvalue weighted by Crippen LogP contribution is 2.26. The maximum atomic E-state index is 13.0. The molecule has 2 atom stereocenters. The first-order valence-electron chi connectivity index (χ1n) is 5.70. The molecule has 1 nitrogen and oxygen atoms in total. The van der Waals surface area contributed by atoms with Gasteiger partial charge in [-0.15, -0.1) is 0 Å². The second-order valence-corrected chi connectivity index (χ2v) is 5.42. The van der Waals surface area contributed by atoms with Crippen LogP contribution in [-0.2, 0) is 0 Å². The van der Waals surface area contributed by atoms with E-state index >= 15 is 0 Å². The molecular weight excluding hydrogens is 316 g/mol.